The van der Waals surface area contributed by atoms with Crippen LogP contribution < -0.4 is 10.6 Å². The maximum Gasteiger partial charge on any atom is 0.339 e. The molecule has 0 aliphatic heterocycles. The molecule has 0 saturated carbocycles. The minimum atomic E-state index is -1.32. The molecule has 6 nitrogen and oxygen atoms in total. The van der Waals surface area contributed by atoms with E-state index in [2.05, 4.69) is 10.6 Å². The molecular weight excluding hydrogens is 279 g/mol. The Morgan fingerprint density at radius 1 is 1.05 bits per heavy atom. The zero-order chi connectivity index (χ0) is 15.4. The van der Waals surface area contributed by atoms with Gasteiger partial charge in [-0.1, -0.05) is 12.1 Å². The Balaban J connectivity index is 2.13. The predicted molar refractivity (Wildman–Crippen MR) is 74.1 cm³/mol. The molecule has 4 N–H and O–H groups in total. The SMILES string of the molecule is O=C(Nc1cccc(F)c1)Nc1cccc(C(=O)O)c1O. The van der Waals surface area contributed by atoms with Gasteiger partial charge in [0.15, 0.2) is 5.75 Å². The summed E-state index contributed by atoms with van der Waals surface area (Å²) in [5.41, 5.74) is -0.177. The Morgan fingerprint density at radius 3 is 2.43 bits per heavy atom. The Bertz CT molecular complexity index is 703. The van der Waals surface area contributed by atoms with Gasteiger partial charge in [0.25, 0.3) is 0 Å². The molecule has 0 unspecified atom stereocenters. The van der Waals surface area contributed by atoms with E-state index in [0.717, 1.165) is 6.07 Å². The molecule has 0 bridgehead atoms. The fourth-order valence-corrected chi connectivity index (χ4v) is 1.67. The molecule has 0 saturated heterocycles. The van der Waals surface area contributed by atoms with Gasteiger partial charge < -0.3 is 20.8 Å². The zero-order valence-corrected chi connectivity index (χ0v) is 10.6. The molecule has 0 fully saturated rings. The average Bonchev–Trinajstić information content (AvgIpc) is 2.40. The van der Waals surface area contributed by atoms with E-state index in [0.29, 0.717) is 0 Å². The molecule has 7 heteroatoms. The summed E-state index contributed by atoms with van der Waals surface area (Å²) in [6.07, 6.45) is 0. The summed E-state index contributed by atoms with van der Waals surface area (Å²) in [6, 6.07) is 8.43. The minimum Gasteiger partial charge on any atom is -0.505 e. The molecule has 0 radical (unpaired) electrons. The molecule has 0 aromatic heterocycles. The van der Waals surface area contributed by atoms with Crippen molar-refractivity contribution in [3.05, 3.63) is 53.8 Å². The van der Waals surface area contributed by atoms with Gasteiger partial charge in [-0.15, -0.1) is 0 Å². The van der Waals surface area contributed by atoms with Crippen LogP contribution in [0, 0.1) is 5.82 Å². The second-order valence-electron chi connectivity index (χ2n) is 4.10. The molecule has 2 rings (SSSR count). The van der Waals surface area contributed by atoms with Crippen LogP contribution in [0.4, 0.5) is 20.6 Å². The summed E-state index contributed by atoms with van der Waals surface area (Å²) in [7, 11) is 0. The number of benzene rings is 2. The number of rotatable bonds is 3. The highest BCUT2D eigenvalue weighted by molar-refractivity contribution is 6.02. The van der Waals surface area contributed by atoms with Crippen molar-refractivity contribution in [2.24, 2.45) is 0 Å². The van der Waals surface area contributed by atoms with E-state index in [9.17, 15) is 19.1 Å². The van der Waals surface area contributed by atoms with Crippen molar-refractivity contribution in [2.45, 2.75) is 0 Å². The van der Waals surface area contributed by atoms with E-state index >= 15 is 0 Å². The second-order valence-corrected chi connectivity index (χ2v) is 4.10. The van der Waals surface area contributed by atoms with E-state index in [-0.39, 0.29) is 16.9 Å². The normalized spacial score (nSPS) is 9.95. The predicted octanol–water partition coefficient (Wildman–Crippen LogP) is 2.87. The number of anilines is 2. The third kappa shape index (κ3) is 3.47. The van der Waals surface area contributed by atoms with Crippen molar-refractivity contribution in [1.29, 1.82) is 0 Å². The fraction of sp³-hybridized carbons (Fsp3) is 0. The number of carboxylic acid groups (broad SMARTS) is 1. The molecule has 2 aromatic rings. The number of hydrogen-bond acceptors (Lipinski definition) is 3. The standard InChI is InChI=1S/C14H11FN2O4/c15-8-3-1-4-9(7-8)16-14(21)17-11-6-2-5-10(12(11)18)13(19)20/h1-7,18H,(H,19,20)(H2,16,17,21). The molecule has 2 amide bonds. The summed E-state index contributed by atoms with van der Waals surface area (Å²) in [6.45, 7) is 0. The maximum absolute atomic E-state index is 13.0. The highest BCUT2D eigenvalue weighted by Gasteiger charge is 2.14. The van der Waals surface area contributed by atoms with E-state index < -0.39 is 23.6 Å². The first-order valence-electron chi connectivity index (χ1n) is 5.86. The van der Waals surface area contributed by atoms with Crippen molar-refractivity contribution in [2.75, 3.05) is 10.6 Å². The molecule has 2 aromatic carbocycles. The Hall–Kier alpha value is -3.09. The highest BCUT2D eigenvalue weighted by Crippen LogP contribution is 2.27. The van der Waals surface area contributed by atoms with Gasteiger partial charge >= 0.3 is 12.0 Å². The van der Waals surface area contributed by atoms with Crippen LogP contribution in [0.3, 0.4) is 0 Å². The summed E-state index contributed by atoms with van der Waals surface area (Å²) >= 11 is 0. The average molecular weight is 290 g/mol. The van der Waals surface area contributed by atoms with Gasteiger partial charge in [-0.25, -0.2) is 14.0 Å². The van der Waals surface area contributed by atoms with E-state index in [1.54, 1.807) is 0 Å². The number of para-hydroxylation sites is 1. The number of hydrogen-bond donors (Lipinski definition) is 4. The van der Waals surface area contributed by atoms with Gasteiger partial charge in [-0.3, -0.25) is 0 Å². The number of carbonyl (C=O) groups is 2. The topological polar surface area (TPSA) is 98.7 Å². The number of phenols is 1. The van der Waals surface area contributed by atoms with Crippen LogP contribution in [0.2, 0.25) is 0 Å². The van der Waals surface area contributed by atoms with Gasteiger partial charge in [0.2, 0.25) is 0 Å². The third-order valence-corrected chi connectivity index (χ3v) is 2.60. The van der Waals surface area contributed by atoms with Crippen LogP contribution in [0.1, 0.15) is 10.4 Å². The van der Waals surface area contributed by atoms with E-state index in [1.165, 1.54) is 36.4 Å². The Morgan fingerprint density at radius 2 is 1.76 bits per heavy atom. The zero-order valence-electron chi connectivity index (χ0n) is 10.6. The summed E-state index contributed by atoms with van der Waals surface area (Å²) < 4.78 is 13.0. The third-order valence-electron chi connectivity index (χ3n) is 2.60. The maximum atomic E-state index is 13.0. The molecule has 0 aliphatic rings. The summed E-state index contributed by atoms with van der Waals surface area (Å²) in [4.78, 5) is 22.6. The molecule has 108 valence electrons. The minimum absolute atomic E-state index is 0.0659. The number of aromatic hydroxyl groups is 1. The van der Waals surface area contributed by atoms with Crippen LogP contribution in [0.25, 0.3) is 0 Å². The number of carboxylic acids is 1. The largest absolute Gasteiger partial charge is 0.505 e. The Kier molecular flexibility index (Phi) is 4.03. The molecule has 0 aliphatic carbocycles. The number of carbonyl (C=O) groups excluding carboxylic acids is 1. The lowest BCUT2D eigenvalue weighted by Crippen LogP contribution is -2.19. The van der Waals surface area contributed by atoms with E-state index in [4.69, 9.17) is 5.11 Å². The van der Waals surface area contributed by atoms with Crippen molar-refractivity contribution in [3.8, 4) is 5.75 Å². The first-order chi connectivity index (χ1) is 9.97. The quantitative estimate of drug-likeness (QED) is 0.653. The lowest BCUT2D eigenvalue weighted by atomic mass is 10.1. The van der Waals surface area contributed by atoms with Gasteiger partial charge in [0, 0.05) is 5.69 Å². The number of urea groups is 1. The van der Waals surface area contributed by atoms with Crippen LogP contribution in [-0.4, -0.2) is 22.2 Å². The Labute approximate surface area is 118 Å². The molecule has 0 heterocycles. The van der Waals surface area contributed by atoms with Gasteiger partial charge in [0.1, 0.15) is 11.4 Å². The van der Waals surface area contributed by atoms with Gasteiger partial charge in [-0.05, 0) is 30.3 Å². The molecular formula is C14H11FN2O4. The van der Waals surface area contributed by atoms with Crippen molar-refractivity contribution in [1.82, 2.24) is 0 Å². The first-order valence-corrected chi connectivity index (χ1v) is 5.86. The van der Waals surface area contributed by atoms with Crippen LogP contribution >= 0.6 is 0 Å². The molecule has 21 heavy (non-hydrogen) atoms. The summed E-state index contributed by atoms with van der Waals surface area (Å²) in [5.74, 6) is -2.38. The van der Waals surface area contributed by atoms with Gasteiger partial charge in [-0.2, -0.15) is 0 Å². The van der Waals surface area contributed by atoms with Crippen molar-refractivity contribution in [3.63, 3.8) is 0 Å². The highest BCUT2D eigenvalue weighted by atomic mass is 19.1. The van der Waals surface area contributed by atoms with Crippen LogP contribution in [0.15, 0.2) is 42.5 Å². The lowest BCUT2D eigenvalue weighted by molar-refractivity contribution is 0.0694. The van der Waals surface area contributed by atoms with Crippen molar-refractivity contribution >= 4 is 23.4 Å². The van der Waals surface area contributed by atoms with E-state index in [1.807, 2.05) is 0 Å². The smallest absolute Gasteiger partial charge is 0.339 e. The number of amides is 2. The van der Waals surface area contributed by atoms with Crippen molar-refractivity contribution < 1.29 is 24.2 Å². The molecule has 0 atom stereocenters. The van der Waals surface area contributed by atoms with Crippen LogP contribution in [0.5, 0.6) is 5.75 Å². The monoisotopic (exact) mass is 290 g/mol. The fourth-order valence-electron chi connectivity index (χ4n) is 1.67. The molecule has 0 spiro atoms. The first kappa shape index (κ1) is 14.3. The number of halogens is 1. The van der Waals surface area contributed by atoms with Crippen LogP contribution in [-0.2, 0) is 0 Å². The number of nitrogens with one attached hydrogen (secondary N) is 2. The number of aromatic carboxylic acids is 1. The summed E-state index contributed by atoms with van der Waals surface area (Å²) in [5, 5.41) is 23.2. The second kappa shape index (κ2) is 5.91. The van der Waals surface area contributed by atoms with Gasteiger partial charge in [0.05, 0.1) is 5.69 Å². The lowest BCUT2D eigenvalue weighted by Gasteiger charge is -2.10.